The minimum atomic E-state index is -3.09. The number of rotatable bonds is 5. The molecule has 5 nitrogen and oxygen atoms in total. The third-order valence-electron chi connectivity index (χ3n) is 3.64. The number of nitrogens with one attached hydrogen (secondary N) is 1. The van der Waals surface area contributed by atoms with Crippen LogP contribution in [0.25, 0.3) is 0 Å². The van der Waals surface area contributed by atoms with Crippen molar-refractivity contribution in [1.29, 1.82) is 0 Å². The van der Waals surface area contributed by atoms with Crippen LogP contribution in [-0.4, -0.2) is 49.6 Å². The Kier molecular flexibility index (Phi) is 5.51. The summed E-state index contributed by atoms with van der Waals surface area (Å²) < 4.78 is 23.9. The monoisotopic (exact) mass is 329 g/mol. The minimum Gasteiger partial charge on any atom is -0.352 e. The molecule has 1 N–H and O–H groups in total. The van der Waals surface area contributed by atoms with Gasteiger partial charge >= 0.3 is 0 Å². The summed E-state index contributed by atoms with van der Waals surface area (Å²) >= 11 is 1.69. The smallest absolute Gasteiger partial charge is 0.169 e. The largest absolute Gasteiger partial charge is 0.352 e. The summed E-state index contributed by atoms with van der Waals surface area (Å²) in [5.74, 6) is 1.57. The molecule has 118 valence electrons. The maximum Gasteiger partial charge on any atom is 0.169 e. The number of anilines is 1. The third kappa shape index (κ3) is 4.11. The van der Waals surface area contributed by atoms with E-state index < -0.39 is 15.2 Å². The normalized spacial score (nSPS) is 21.3. The second-order valence-corrected chi connectivity index (χ2v) is 8.63. The van der Waals surface area contributed by atoms with Crippen molar-refractivity contribution in [2.45, 2.75) is 25.3 Å². The molecule has 0 saturated carbocycles. The molecule has 1 aromatic heterocycles. The van der Waals surface area contributed by atoms with E-state index in [2.05, 4.69) is 24.1 Å². The highest BCUT2D eigenvalue weighted by Gasteiger charge is 2.31. The summed E-state index contributed by atoms with van der Waals surface area (Å²) in [5, 5.41) is 2.87. The summed E-state index contributed by atoms with van der Waals surface area (Å²) in [6.07, 6.45) is 3.10. The van der Waals surface area contributed by atoms with Crippen LogP contribution in [0.2, 0.25) is 0 Å². The van der Waals surface area contributed by atoms with Gasteiger partial charge in [0, 0.05) is 30.3 Å². The summed E-state index contributed by atoms with van der Waals surface area (Å²) in [7, 11) is -3.09. The number of hydrogen-bond donors (Lipinski definition) is 1. The van der Waals surface area contributed by atoms with Gasteiger partial charge in [0.05, 0.1) is 17.6 Å². The van der Waals surface area contributed by atoms with Crippen molar-refractivity contribution in [2.24, 2.45) is 0 Å². The average Bonchev–Trinajstić information content (AvgIpc) is 2.47. The van der Waals surface area contributed by atoms with Crippen molar-refractivity contribution in [3.8, 4) is 0 Å². The van der Waals surface area contributed by atoms with E-state index in [1.807, 2.05) is 17.0 Å². The molecule has 1 aliphatic rings. The number of nitrogens with zero attached hydrogens (tertiary/aromatic N) is 2. The van der Waals surface area contributed by atoms with Gasteiger partial charge < -0.3 is 10.2 Å². The molecule has 0 radical (unpaired) electrons. The molecule has 0 spiro atoms. The standard InChI is InChI=1S/C14H23N3O2S2/c1-4-15-11(2)13-6-5-12(9-16-13)17-7-8-20-10-14(17)21(3,18)19/h5-6,9,11,14-15H,4,7-8,10H2,1-3H3. The van der Waals surface area contributed by atoms with Gasteiger partial charge in [-0.25, -0.2) is 8.42 Å². The highest BCUT2D eigenvalue weighted by molar-refractivity contribution is 8.01. The van der Waals surface area contributed by atoms with Crippen LogP contribution in [0.3, 0.4) is 0 Å². The first-order chi connectivity index (χ1) is 9.93. The lowest BCUT2D eigenvalue weighted by Gasteiger charge is -2.35. The molecule has 0 bridgehead atoms. The Morgan fingerprint density at radius 3 is 2.86 bits per heavy atom. The molecular weight excluding hydrogens is 306 g/mol. The van der Waals surface area contributed by atoms with Crippen LogP contribution in [0.1, 0.15) is 25.6 Å². The average molecular weight is 329 g/mol. The van der Waals surface area contributed by atoms with Crippen molar-refractivity contribution in [3.63, 3.8) is 0 Å². The van der Waals surface area contributed by atoms with Crippen LogP contribution in [0.4, 0.5) is 5.69 Å². The predicted molar refractivity (Wildman–Crippen MR) is 89.6 cm³/mol. The molecule has 21 heavy (non-hydrogen) atoms. The summed E-state index contributed by atoms with van der Waals surface area (Å²) in [6, 6.07) is 4.15. The zero-order valence-electron chi connectivity index (χ0n) is 12.7. The molecule has 2 atom stereocenters. The predicted octanol–water partition coefficient (Wildman–Crippen LogP) is 1.68. The van der Waals surface area contributed by atoms with Gasteiger partial charge in [-0.05, 0) is 25.6 Å². The lowest BCUT2D eigenvalue weighted by atomic mass is 10.2. The molecule has 0 aliphatic carbocycles. The lowest BCUT2D eigenvalue weighted by Crippen LogP contribution is -2.47. The van der Waals surface area contributed by atoms with Crippen LogP contribution in [0, 0.1) is 0 Å². The minimum absolute atomic E-state index is 0.201. The maximum atomic E-state index is 11.9. The van der Waals surface area contributed by atoms with E-state index >= 15 is 0 Å². The van der Waals surface area contributed by atoms with Crippen LogP contribution in [-0.2, 0) is 9.84 Å². The summed E-state index contributed by atoms with van der Waals surface area (Å²) in [5.41, 5.74) is 1.86. The van der Waals surface area contributed by atoms with Crippen LogP contribution >= 0.6 is 11.8 Å². The second kappa shape index (κ2) is 6.98. The molecule has 0 amide bonds. The van der Waals surface area contributed by atoms with Gasteiger partial charge in [0.1, 0.15) is 5.37 Å². The van der Waals surface area contributed by atoms with Gasteiger partial charge in [0.2, 0.25) is 0 Å². The molecule has 1 saturated heterocycles. The third-order valence-corrected chi connectivity index (χ3v) is 6.28. The SMILES string of the molecule is CCNC(C)c1ccc(N2CCSCC2S(C)(=O)=O)cn1. The topological polar surface area (TPSA) is 62.3 Å². The molecule has 1 fully saturated rings. The number of sulfone groups is 1. The highest BCUT2D eigenvalue weighted by atomic mass is 32.2. The first-order valence-corrected chi connectivity index (χ1v) is 10.3. The van der Waals surface area contributed by atoms with E-state index in [9.17, 15) is 8.42 Å². The first-order valence-electron chi connectivity index (χ1n) is 7.16. The number of aromatic nitrogens is 1. The maximum absolute atomic E-state index is 11.9. The van der Waals surface area contributed by atoms with Crippen molar-refractivity contribution in [3.05, 3.63) is 24.0 Å². The fourth-order valence-electron chi connectivity index (χ4n) is 2.47. The zero-order valence-corrected chi connectivity index (χ0v) is 14.4. The zero-order chi connectivity index (χ0) is 15.5. The Labute approximate surface area is 131 Å². The Hall–Kier alpha value is -0.790. The number of hydrogen-bond acceptors (Lipinski definition) is 6. The van der Waals surface area contributed by atoms with Crippen LogP contribution in [0.15, 0.2) is 18.3 Å². The molecule has 2 unspecified atom stereocenters. The molecule has 2 heterocycles. The number of pyridine rings is 1. The lowest BCUT2D eigenvalue weighted by molar-refractivity contribution is 0.580. The molecule has 7 heteroatoms. The molecule has 2 rings (SSSR count). The van der Waals surface area contributed by atoms with Gasteiger partial charge in [-0.15, -0.1) is 0 Å². The van der Waals surface area contributed by atoms with Crippen molar-refractivity contribution < 1.29 is 8.42 Å². The molecule has 1 aromatic rings. The summed E-state index contributed by atoms with van der Waals surface area (Å²) in [4.78, 5) is 6.44. The van der Waals surface area contributed by atoms with Crippen LogP contribution in [0.5, 0.6) is 0 Å². The Balaban J connectivity index is 2.20. The van der Waals surface area contributed by atoms with Crippen molar-refractivity contribution in [2.75, 3.05) is 35.8 Å². The Morgan fingerprint density at radius 1 is 1.52 bits per heavy atom. The van der Waals surface area contributed by atoms with Gasteiger partial charge in [-0.3, -0.25) is 4.98 Å². The Bertz CT molecular complexity index is 560. The van der Waals surface area contributed by atoms with E-state index in [1.54, 1.807) is 18.0 Å². The Morgan fingerprint density at radius 2 is 2.29 bits per heavy atom. The van der Waals surface area contributed by atoms with E-state index in [1.165, 1.54) is 6.26 Å². The first kappa shape index (κ1) is 16.6. The van der Waals surface area contributed by atoms with Gasteiger partial charge in [-0.2, -0.15) is 11.8 Å². The van der Waals surface area contributed by atoms with Crippen molar-refractivity contribution >= 4 is 27.3 Å². The van der Waals surface area contributed by atoms with E-state index in [4.69, 9.17) is 0 Å². The fraction of sp³-hybridized carbons (Fsp3) is 0.643. The van der Waals surface area contributed by atoms with Gasteiger partial charge in [0.25, 0.3) is 0 Å². The fourth-order valence-corrected chi connectivity index (χ4v) is 5.31. The molecule has 1 aliphatic heterocycles. The van der Waals surface area contributed by atoms with Crippen molar-refractivity contribution in [1.82, 2.24) is 10.3 Å². The second-order valence-electron chi connectivity index (χ2n) is 5.27. The van der Waals surface area contributed by atoms with Gasteiger partial charge in [-0.1, -0.05) is 6.92 Å². The number of thioether (sulfide) groups is 1. The van der Waals surface area contributed by atoms with Crippen LogP contribution < -0.4 is 10.2 Å². The quantitative estimate of drug-likeness (QED) is 0.887. The highest BCUT2D eigenvalue weighted by Crippen LogP contribution is 2.26. The van der Waals surface area contributed by atoms with Gasteiger partial charge in [0.15, 0.2) is 9.84 Å². The molecule has 0 aromatic carbocycles. The van der Waals surface area contributed by atoms with E-state index in [0.29, 0.717) is 5.75 Å². The molecular formula is C14H23N3O2S2. The van der Waals surface area contributed by atoms with E-state index in [0.717, 1.165) is 30.2 Å². The summed E-state index contributed by atoms with van der Waals surface area (Å²) in [6.45, 7) is 5.77. The van der Waals surface area contributed by atoms with E-state index in [-0.39, 0.29) is 6.04 Å².